The number of imidazole rings is 2. The van der Waals surface area contributed by atoms with E-state index in [1.807, 2.05) is 36.7 Å². The molecule has 0 aliphatic heterocycles. The van der Waals surface area contributed by atoms with Crippen LogP contribution in [0.5, 0.6) is 0 Å². The van der Waals surface area contributed by atoms with Gasteiger partial charge in [0.25, 0.3) is 0 Å². The SMILES string of the molecule is CCC(c1ccc(F)cc1)C(CCOCCC(c1cnc[nH]1)C(CC)c1ccc(F)cc1)c1cnc[nH]1. The summed E-state index contributed by atoms with van der Waals surface area (Å²) >= 11 is 0. The topological polar surface area (TPSA) is 66.6 Å². The molecule has 2 N–H and O–H groups in total. The molecule has 0 bridgehead atoms. The van der Waals surface area contributed by atoms with E-state index in [1.165, 1.54) is 24.3 Å². The van der Waals surface area contributed by atoms with Gasteiger partial charge in [0.15, 0.2) is 0 Å². The third-order valence-corrected chi connectivity index (χ3v) is 7.43. The second-order valence-corrected chi connectivity index (χ2v) is 9.55. The van der Waals surface area contributed by atoms with Crippen molar-refractivity contribution in [1.29, 1.82) is 0 Å². The van der Waals surface area contributed by atoms with Crippen LogP contribution in [0.15, 0.2) is 73.6 Å². The van der Waals surface area contributed by atoms with Gasteiger partial charge in [0.1, 0.15) is 11.6 Å². The smallest absolute Gasteiger partial charge is 0.123 e. The zero-order valence-electron chi connectivity index (χ0n) is 21.5. The first-order valence-corrected chi connectivity index (χ1v) is 13.2. The zero-order chi connectivity index (χ0) is 26.0. The Morgan fingerprint density at radius 3 is 1.38 bits per heavy atom. The van der Waals surface area contributed by atoms with E-state index in [4.69, 9.17) is 4.74 Å². The van der Waals surface area contributed by atoms with Gasteiger partial charge in [-0.05, 0) is 72.9 Å². The lowest BCUT2D eigenvalue weighted by Crippen LogP contribution is -2.16. The minimum absolute atomic E-state index is 0.184. The number of rotatable bonds is 14. The van der Waals surface area contributed by atoms with Gasteiger partial charge in [-0.3, -0.25) is 0 Å². The lowest BCUT2D eigenvalue weighted by molar-refractivity contribution is 0.114. The van der Waals surface area contributed by atoms with Crippen molar-refractivity contribution < 1.29 is 13.5 Å². The molecule has 2 aromatic heterocycles. The molecule has 4 unspecified atom stereocenters. The number of aromatic nitrogens is 4. The quantitative estimate of drug-likeness (QED) is 0.174. The molecule has 196 valence electrons. The molecule has 5 nitrogen and oxygen atoms in total. The molecule has 0 radical (unpaired) electrons. The fourth-order valence-corrected chi connectivity index (χ4v) is 5.53. The number of ether oxygens (including phenoxy) is 1. The van der Waals surface area contributed by atoms with Crippen molar-refractivity contribution >= 4 is 0 Å². The monoisotopic (exact) mass is 506 g/mol. The van der Waals surface area contributed by atoms with Crippen molar-refractivity contribution in [3.8, 4) is 0 Å². The van der Waals surface area contributed by atoms with Crippen LogP contribution in [0.25, 0.3) is 0 Å². The van der Waals surface area contributed by atoms with Gasteiger partial charge < -0.3 is 14.7 Å². The summed E-state index contributed by atoms with van der Waals surface area (Å²) in [6.45, 7) is 5.52. The van der Waals surface area contributed by atoms with Crippen LogP contribution in [0, 0.1) is 11.6 Å². The van der Waals surface area contributed by atoms with Crippen LogP contribution in [-0.4, -0.2) is 33.1 Å². The number of nitrogens with zero attached hydrogens (tertiary/aromatic N) is 2. The largest absolute Gasteiger partial charge is 0.381 e. The number of halogens is 2. The van der Waals surface area contributed by atoms with Gasteiger partial charge in [-0.15, -0.1) is 0 Å². The van der Waals surface area contributed by atoms with Crippen molar-refractivity contribution in [2.24, 2.45) is 0 Å². The van der Waals surface area contributed by atoms with Gasteiger partial charge in [-0.1, -0.05) is 38.1 Å². The minimum atomic E-state index is -0.224. The predicted molar refractivity (Wildman–Crippen MR) is 142 cm³/mol. The summed E-state index contributed by atoms with van der Waals surface area (Å²) in [6.07, 6.45) is 10.6. The van der Waals surface area contributed by atoms with E-state index in [0.29, 0.717) is 13.2 Å². The third-order valence-electron chi connectivity index (χ3n) is 7.43. The maximum atomic E-state index is 13.5. The van der Waals surface area contributed by atoms with Crippen LogP contribution in [0.1, 0.15) is 85.7 Å². The molecule has 0 saturated carbocycles. The maximum absolute atomic E-state index is 13.5. The third kappa shape index (κ3) is 6.92. The van der Waals surface area contributed by atoms with Gasteiger partial charge in [0.2, 0.25) is 0 Å². The molecule has 4 atom stereocenters. The highest BCUT2D eigenvalue weighted by Gasteiger charge is 2.26. The van der Waals surface area contributed by atoms with E-state index in [2.05, 4.69) is 33.8 Å². The molecule has 0 fully saturated rings. The van der Waals surface area contributed by atoms with E-state index < -0.39 is 0 Å². The molecule has 0 aliphatic rings. The van der Waals surface area contributed by atoms with E-state index in [1.54, 1.807) is 12.7 Å². The molecule has 4 rings (SSSR count). The average Bonchev–Trinajstić information content (AvgIpc) is 3.64. The van der Waals surface area contributed by atoms with E-state index in [9.17, 15) is 8.78 Å². The van der Waals surface area contributed by atoms with Crippen LogP contribution in [0.3, 0.4) is 0 Å². The molecular weight excluding hydrogens is 470 g/mol. The van der Waals surface area contributed by atoms with E-state index >= 15 is 0 Å². The van der Waals surface area contributed by atoms with Crippen LogP contribution >= 0.6 is 0 Å². The van der Waals surface area contributed by atoms with Crippen LogP contribution < -0.4 is 0 Å². The first kappa shape index (κ1) is 26.7. The van der Waals surface area contributed by atoms with Crippen molar-refractivity contribution in [3.05, 3.63) is 108 Å². The molecular formula is C30H36F2N4O. The highest BCUT2D eigenvalue weighted by Crippen LogP contribution is 2.39. The molecule has 7 heteroatoms. The molecule has 0 amide bonds. The Morgan fingerprint density at radius 1 is 0.649 bits per heavy atom. The zero-order valence-corrected chi connectivity index (χ0v) is 21.5. The van der Waals surface area contributed by atoms with Gasteiger partial charge in [0, 0.05) is 48.8 Å². The standard InChI is InChI=1S/C30H36F2N4O/c1-3-25(21-5-9-23(31)10-6-21)27(29-17-33-19-35-29)13-15-37-16-14-28(30-18-34-20-36-30)26(4-2)22-7-11-24(32)12-8-22/h5-12,17-20,25-28H,3-4,13-16H2,1-2H3,(H,33,35)(H,34,36). The molecule has 2 aromatic carbocycles. The number of benzene rings is 2. The molecule has 0 saturated heterocycles. The number of H-pyrrole nitrogens is 2. The number of hydrogen-bond acceptors (Lipinski definition) is 3. The molecule has 37 heavy (non-hydrogen) atoms. The van der Waals surface area contributed by atoms with Gasteiger partial charge >= 0.3 is 0 Å². The summed E-state index contributed by atoms with van der Waals surface area (Å²) in [6, 6.07) is 13.6. The normalized spacial score (nSPS) is 14.8. The maximum Gasteiger partial charge on any atom is 0.123 e. The summed E-state index contributed by atoms with van der Waals surface area (Å²) in [4.78, 5) is 15.0. The molecule has 0 aliphatic carbocycles. The fraction of sp³-hybridized carbons (Fsp3) is 0.400. The number of hydrogen-bond donors (Lipinski definition) is 2. The lowest BCUT2D eigenvalue weighted by atomic mass is 9.80. The Morgan fingerprint density at radius 2 is 1.05 bits per heavy atom. The Labute approximate surface area is 217 Å². The van der Waals surface area contributed by atoms with Gasteiger partial charge in [0.05, 0.1) is 12.7 Å². The highest BCUT2D eigenvalue weighted by atomic mass is 19.1. The van der Waals surface area contributed by atoms with Crippen molar-refractivity contribution in [2.45, 2.75) is 63.2 Å². The summed E-state index contributed by atoms with van der Waals surface area (Å²) in [5, 5.41) is 0. The van der Waals surface area contributed by atoms with Crippen LogP contribution in [0.2, 0.25) is 0 Å². The Kier molecular flexibility index (Phi) is 9.60. The number of nitrogens with one attached hydrogen (secondary N) is 2. The van der Waals surface area contributed by atoms with Crippen LogP contribution in [-0.2, 0) is 4.74 Å². The molecule has 0 spiro atoms. The molecule has 4 aromatic rings. The summed E-state index contributed by atoms with van der Waals surface area (Å²) < 4.78 is 33.3. The highest BCUT2D eigenvalue weighted by molar-refractivity contribution is 5.26. The van der Waals surface area contributed by atoms with Crippen molar-refractivity contribution in [2.75, 3.05) is 13.2 Å². The molecule has 2 heterocycles. The number of aromatic amines is 2. The summed E-state index contributed by atoms with van der Waals surface area (Å²) in [5.74, 6) is 0.374. The summed E-state index contributed by atoms with van der Waals surface area (Å²) in [5.41, 5.74) is 4.37. The first-order chi connectivity index (χ1) is 18.1. The Hall–Kier alpha value is -3.32. The van der Waals surface area contributed by atoms with Crippen molar-refractivity contribution in [3.63, 3.8) is 0 Å². The van der Waals surface area contributed by atoms with E-state index in [0.717, 1.165) is 48.2 Å². The van der Waals surface area contributed by atoms with Gasteiger partial charge in [-0.25, -0.2) is 18.7 Å². The summed E-state index contributed by atoms with van der Waals surface area (Å²) in [7, 11) is 0. The average molecular weight is 507 g/mol. The van der Waals surface area contributed by atoms with Gasteiger partial charge in [-0.2, -0.15) is 0 Å². The Bertz CT molecular complexity index is 1070. The predicted octanol–water partition coefficient (Wildman–Crippen LogP) is 7.46. The second kappa shape index (κ2) is 13.3. The lowest BCUT2D eigenvalue weighted by Gasteiger charge is -2.27. The second-order valence-electron chi connectivity index (χ2n) is 9.55. The van der Waals surface area contributed by atoms with E-state index in [-0.39, 0.29) is 35.3 Å². The minimum Gasteiger partial charge on any atom is -0.381 e. The fourth-order valence-electron chi connectivity index (χ4n) is 5.53. The van der Waals surface area contributed by atoms with Crippen LogP contribution in [0.4, 0.5) is 8.78 Å². The first-order valence-electron chi connectivity index (χ1n) is 13.2. The van der Waals surface area contributed by atoms with Crippen molar-refractivity contribution in [1.82, 2.24) is 19.9 Å². The Balaban J connectivity index is 1.40.